The number of anilines is 1. The number of halogens is 2. The number of aliphatic hydroxyl groups is 1. The zero-order valence-corrected chi connectivity index (χ0v) is 19.0. The molecule has 1 fully saturated rings. The number of fused-ring (bicyclic) bond motifs is 1. The van der Waals surface area contributed by atoms with Gasteiger partial charge in [-0.15, -0.1) is 11.3 Å². The van der Waals surface area contributed by atoms with E-state index in [2.05, 4.69) is 4.98 Å². The van der Waals surface area contributed by atoms with Gasteiger partial charge in [-0.2, -0.15) is 0 Å². The number of aromatic nitrogens is 1. The van der Waals surface area contributed by atoms with E-state index in [4.69, 9.17) is 27.9 Å². The van der Waals surface area contributed by atoms with Crippen molar-refractivity contribution >= 4 is 57.1 Å². The van der Waals surface area contributed by atoms with Crippen molar-refractivity contribution in [1.82, 2.24) is 4.98 Å². The molecule has 0 unspecified atom stereocenters. The summed E-state index contributed by atoms with van der Waals surface area (Å²) >= 11 is 13.5. The second kappa shape index (κ2) is 7.92. The minimum Gasteiger partial charge on any atom is -0.507 e. The fourth-order valence-electron chi connectivity index (χ4n) is 4.09. The predicted octanol–water partition coefficient (Wildman–Crippen LogP) is 5.40. The lowest BCUT2D eigenvalue weighted by atomic mass is 9.94. The van der Waals surface area contributed by atoms with Gasteiger partial charge in [-0.25, -0.2) is 4.98 Å². The fourth-order valence-corrected chi connectivity index (χ4v) is 5.06. The summed E-state index contributed by atoms with van der Waals surface area (Å²) in [5.74, 6) is -1.08. The molecule has 2 aliphatic heterocycles. The monoisotopic (exact) mass is 486 g/mol. The number of rotatable bonds is 3. The number of hydrogen-bond acceptors (Lipinski definition) is 6. The Morgan fingerprint density at radius 3 is 2.72 bits per heavy atom. The van der Waals surface area contributed by atoms with Crippen molar-refractivity contribution < 1.29 is 19.4 Å². The second-order valence-corrected chi connectivity index (χ2v) is 9.30. The Bertz CT molecular complexity index is 1290. The minimum absolute atomic E-state index is 0.0319. The van der Waals surface area contributed by atoms with Crippen molar-refractivity contribution in [3.05, 3.63) is 80.3 Å². The number of benzene rings is 2. The van der Waals surface area contributed by atoms with E-state index in [9.17, 15) is 14.7 Å². The number of carbonyl (C=O) groups is 2. The Balaban J connectivity index is 1.70. The van der Waals surface area contributed by atoms with E-state index >= 15 is 0 Å². The Morgan fingerprint density at radius 2 is 2.00 bits per heavy atom. The highest BCUT2D eigenvalue weighted by Crippen LogP contribution is 2.44. The van der Waals surface area contributed by atoms with E-state index in [-0.39, 0.29) is 22.5 Å². The summed E-state index contributed by atoms with van der Waals surface area (Å²) < 4.78 is 5.72. The maximum atomic E-state index is 13.1. The second-order valence-electron chi connectivity index (χ2n) is 7.61. The normalized spacial score (nSPS) is 21.7. The van der Waals surface area contributed by atoms with Crippen molar-refractivity contribution in [3.8, 4) is 5.75 Å². The Hall–Kier alpha value is -2.87. The molecule has 2 atom stereocenters. The third kappa shape index (κ3) is 3.37. The van der Waals surface area contributed by atoms with E-state index in [0.717, 1.165) is 11.3 Å². The maximum Gasteiger partial charge on any atom is 0.301 e. The lowest BCUT2D eigenvalue weighted by molar-refractivity contribution is -0.132. The lowest BCUT2D eigenvalue weighted by Gasteiger charge is -2.23. The number of hydrogen-bond donors (Lipinski definition) is 1. The van der Waals surface area contributed by atoms with Gasteiger partial charge in [-0.05, 0) is 48.4 Å². The first kappa shape index (κ1) is 21.0. The highest BCUT2D eigenvalue weighted by Gasteiger charge is 2.48. The van der Waals surface area contributed by atoms with E-state index in [1.807, 2.05) is 6.92 Å². The van der Waals surface area contributed by atoms with Gasteiger partial charge in [0.2, 0.25) is 0 Å². The number of ether oxygens (including phenoxy) is 1. The van der Waals surface area contributed by atoms with Crippen LogP contribution in [-0.4, -0.2) is 27.9 Å². The van der Waals surface area contributed by atoms with Gasteiger partial charge in [-0.1, -0.05) is 29.3 Å². The molecule has 3 aromatic rings. The molecule has 5 rings (SSSR count). The minimum atomic E-state index is -0.903. The standard InChI is InChI=1S/C23H16Cl2N2O4S/c1-11-8-14-9-13(3-5-17(14)31-11)20(28)18-19(12-2-4-15(24)16(25)10-12)27(22(30)21(18)29)23-26-6-7-32-23/h2-7,9-11,19,28H,8H2,1H3/t11-,19+/m1/s1. The van der Waals surface area contributed by atoms with Gasteiger partial charge in [0.05, 0.1) is 21.7 Å². The van der Waals surface area contributed by atoms with Gasteiger partial charge in [0.25, 0.3) is 5.78 Å². The molecule has 1 aromatic heterocycles. The number of nitrogens with zero attached hydrogens (tertiary/aromatic N) is 2. The largest absolute Gasteiger partial charge is 0.507 e. The quantitative estimate of drug-likeness (QED) is 0.304. The van der Waals surface area contributed by atoms with Crippen molar-refractivity contribution in [2.45, 2.75) is 25.5 Å². The van der Waals surface area contributed by atoms with Crippen LogP contribution in [0.15, 0.2) is 53.5 Å². The van der Waals surface area contributed by atoms with Gasteiger partial charge in [0.15, 0.2) is 5.13 Å². The Labute approximate surface area is 197 Å². The third-order valence-corrected chi connectivity index (χ3v) is 7.01. The molecule has 1 N–H and O–H groups in total. The molecule has 162 valence electrons. The number of thiazole rings is 1. The summed E-state index contributed by atoms with van der Waals surface area (Å²) in [6.07, 6.45) is 2.28. The van der Waals surface area contributed by atoms with Crippen LogP contribution in [0.5, 0.6) is 5.75 Å². The number of aliphatic hydroxyl groups excluding tert-OH is 1. The van der Waals surface area contributed by atoms with Crippen LogP contribution >= 0.6 is 34.5 Å². The van der Waals surface area contributed by atoms with Crippen molar-refractivity contribution in [3.63, 3.8) is 0 Å². The van der Waals surface area contributed by atoms with Crippen LogP contribution in [0.3, 0.4) is 0 Å². The molecular weight excluding hydrogens is 471 g/mol. The van der Waals surface area contributed by atoms with Crippen LogP contribution in [0, 0.1) is 0 Å². The average Bonchev–Trinajstić information content (AvgIpc) is 3.47. The molecular formula is C23H16Cl2N2O4S. The molecule has 32 heavy (non-hydrogen) atoms. The number of Topliss-reactive ketones (excluding diaryl/α,β-unsaturated/α-hetero) is 1. The SMILES string of the molecule is C[C@@H]1Cc2cc(C(O)=C3C(=O)C(=O)N(c4nccs4)[C@H]3c3ccc(Cl)c(Cl)c3)ccc2O1. The van der Waals surface area contributed by atoms with Crippen LogP contribution in [-0.2, 0) is 16.0 Å². The molecule has 0 aliphatic carbocycles. The molecule has 1 amide bonds. The summed E-state index contributed by atoms with van der Waals surface area (Å²) in [6.45, 7) is 1.96. The van der Waals surface area contributed by atoms with Gasteiger partial charge >= 0.3 is 5.91 Å². The first-order chi connectivity index (χ1) is 15.3. The molecule has 0 saturated carbocycles. The zero-order valence-electron chi connectivity index (χ0n) is 16.7. The van der Waals surface area contributed by atoms with Crippen LogP contribution in [0.4, 0.5) is 5.13 Å². The molecule has 9 heteroatoms. The van der Waals surface area contributed by atoms with Crippen LogP contribution in [0.2, 0.25) is 10.0 Å². The van der Waals surface area contributed by atoms with Gasteiger partial charge in [-0.3, -0.25) is 14.5 Å². The first-order valence-corrected chi connectivity index (χ1v) is 11.4. The van der Waals surface area contributed by atoms with E-state index in [0.29, 0.717) is 27.7 Å². The zero-order chi connectivity index (χ0) is 22.6. The topological polar surface area (TPSA) is 79.7 Å². The van der Waals surface area contributed by atoms with Crippen LogP contribution in [0.1, 0.15) is 29.7 Å². The van der Waals surface area contributed by atoms with E-state index in [1.165, 1.54) is 16.2 Å². The highest BCUT2D eigenvalue weighted by molar-refractivity contribution is 7.14. The number of carbonyl (C=O) groups excluding carboxylic acids is 2. The molecule has 1 saturated heterocycles. The highest BCUT2D eigenvalue weighted by atomic mass is 35.5. The predicted molar refractivity (Wildman–Crippen MR) is 124 cm³/mol. The summed E-state index contributed by atoms with van der Waals surface area (Å²) in [6, 6.07) is 9.18. The molecule has 0 radical (unpaired) electrons. The summed E-state index contributed by atoms with van der Waals surface area (Å²) in [4.78, 5) is 31.7. The molecule has 0 spiro atoms. The van der Waals surface area contributed by atoms with Gasteiger partial charge in [0.1, 0.15) is 17.6 Å². The first-order valence-electron chi connectivity index (χ1n) is 9.80. The number of amides is 1. The molecule has 6 nitrogen and oxygen atoms in total. The average molecular weight is 487 g/mol. The smallest absolute Gasteiger partial charge is 0.301 e. The van der Waals surface area contributed by atoms with E-state index in [1.54, 1.807) is 48.0 Å². The molecule has 3 heterocycles. The molecule has 0 bridgehead atoms. The Kier molecular flexibility index (Phi) is 5.20. The molecule has 2 aliphatic rings. The fraction of sp³-hybridized carbons (Fsp3) is 0.174. The van der Waals surface area contributed by atoms with Crippen molar-refractivity contribution in [1.29, 1.82) is 0 Å². The van der Waals surface area contributed by atoms with Crippen molar-refractivity contribution in [2.24, 2.45) is 0 Å². The van der Waals surface area contributed by atoms with Crippen LogP contribution in [0.25, 0.3) is 5.76 Å². The van der Waals surface area contributed by atoms with Crippen molar-refractivity contribution in [2.75, 3.05) is 4.90 Å². The summed E-state index contributed by atoms with van der Waals surface area (Å²) in [5, 5.41) is 13.9. The molecule has 2 aromatic carbocycles. The number of ketones is 1. The van der Waals surface area contributed by atoms with Crippen LogP contribution < -0.4 is 9.64 Å². The van der Waals surface area contributed by atoms with Gasteiger partial charge in [0, 0.05) is 23.6 Å². The maximum absolute atomic E-state index is 13.1. The van der Waals surface area contributed by atoms with Gasteiger partial charge < -0.3 is 9.84 Å². The third-order valence-electron chi connectivity index (χ3n) is 5.50. The van der Waals surface area contributed by atoms with E-state index < -0.39 is 17.7 Å². The lowest BCUT2D eigenvalue weighted by Crippen LogP contribution is -2.29. The summed E-state index contributed by atoms with van der Waals surface area (Å²) in [5.41, 5.74) is 1.87. The summed E-state index contributed by atoms with van der Waals surface area (Å²) in [7, 11) is 0. The Morgan fingerprint density at radius 1 is 1.19 bits per heavy atom.